The predicted molar refractivity (Wildman–Crippen MR) is 85.8 cm³/mol. The van der Waals surface area contributed by atoms with Crippen molar-refractivity contribution in [2.75, 3.05) is 25.4 Å². The molecule has 1 N–H and O–H groups in total. The SMILES string of the molecule is CCC1CNC(C(C)C)CN1CCS(=O)(=O)C(C)(C)C. The molecule has 1 aliphatic heterocycles. The Bertz CT molecular complexity index is 399. The lowest BCUT2D eigenvalue weighted by molar-refractivity contribution is 0.117. The number of piperazine rings is 1. The monoisotopic (exact) mass is 304 g/mol. The van der Waals surface area contributed by atoms with Gasteiger partial charge >= 0.3 is 0 Å². The highest BCUT2D eigenvalue weighted by molar-refractivity contribution is 7.92. The van der Waals surface area contributed by atoms with Crippen molar-refractivity contribution >= 4 is 9.84 Å². The second-order valence-corrected chi connectivity index (χ2v) is 10.1. The smallest absolute Gasteiger partial charge is 0.156 e. The fourth-order valence-corrected chi connectivity index (χ4v) is 3.64. The first-order chi connectivity index (χ1) is 9.08. The molecule has 0 aromatic carbocycles. The van der Waals surface area contributed by atoms with Crippen molar-refractivity contribution in [3.63, 3.8) is 0 Å². The zero-order valence-electron chi connectivity index (χ0n) is 13.9. The van der Waals surface area contributed by atoms with E-state index in [4.69, 9.17) is 0 Å². The zero-order valence-corrected chi connectivity index (χ0v) is 14.8. The summed E-state index contributed by atoms with van der Waals surface area (Å²) in [5.41, 5.74) is 0. The van der Waals surface area contributed by atoms with Crippen molar-refractivity contribution in [1.29, 1.82) is 0 Å². The van der Waals surface area contributed by atoms with Crippen molar-refractivity contribution in [2.24, 2.45) is 5.92 Å². The molecule has 1 aliphatic rings. The lowest BCUT2D eigenvalue weighted by atomic mass is 9.98. The molecule has 1 heterocycles. The van der Waals surface area contributed by atoms with Crippen LogP contribution in [-0.2, 0) is 9.84 Å². The van der Waals surface area contributed by atoms with Gasteiger partial charge in [0.2, 0.25) is 0 Å². The molecular formula is C15H32N2O2S. The van der Waals surface area contributed by atoms with E-state index >= 15 is 0 Å². The van der Waals surface area contributed by atoms with Gasteiger partial charge in [-0.2, -0.15) is 0 Å². The Morgan fingerprint density at radius 1 is 1.30 bits per heavy atom. The van der Waals surface area contributed by atoms with E-state index in [1.807, 2.05) is 0 Å². The summed E-state index contributed by atoms with van der Waals surface area (Å²) in [5, 5.41) is 3.59. The number of sulfone groups is 1. The molecule has 0 aliphatic carbocycles. The lowest BCUT2D eigenvalue weighted by Crippen LogP contribution is -2.58. The molecule has 1 rings (SSSR count). The molecule has 0 radical (unpaired) electrons. The van der Waals surface area contributed by atoms with Gasteiger partial charge in [-0.15, -0.1) is 0 Å². The highest BCUT2D eigenvalue weighted by Crippen LogP contribution is 2.19. The van der Waals surface area contributed by atoms with Crippen LogP contribution in [0.3, 0.4) is 0 Å². The maximum atomic E-state index is 12.3. The molecule has 5 heteroatoms. The van der Waals surface area contributed by atoms with Crippen LogP contribution in [0.1, 0.15) is 48.0 Å². The molecule has 1 saturated heterocycles. The van der Waals surface area contributed by atoms with Crippen molar-refractivity contribution in [3.05, 3.63) is 0 Å². The Labute approximate surface area is 125 Å². The average molecular weight is 304 g/mol. The van der Waals surface area contributed by atoms with Gasteiger partial charge in [-0.05, 0) is 33.1 Å². The average Bonchev–Trinajstić information content (AvgIpc) is 2.34. The topological polar surface area (TPSA) is 49.4 Å². The molecule has 120 valence electrons. The quantitative estimate of drug-likeness (QED) is 0.843. The van der Waals surface area contributed by atoms with E-state index < -0.39 is 14.6 Å². The van der Waals surface area contributed by atoms with Crippen LogP contribution in [0.2, 0.25) is 0 Å². The summed E-state index contributed by atoms with van der Waals surface area (Å²) in [7, 11) is -3.03. The van der Waals surface area contributed by atoms with Crippen LogP contribution < -0.4 is 5.32 Å². The molecule has 4 nitrogen and oxygen atoms in total. The number of nitrogens with zero attached hydrogens (tertiary/aromatic N) is 1. The number of hydrogen-bond acceptors (Lipinski definition) is 4. The summed E-state index contributed by atoms with van der Waals surface area (Å²) >= 11 is 0. The molecule has 2 atom stereocenters. The van der Waals surface area contributed by atoms with E-state index in [9.17, 15) is 8.42 Å². The van der Waals surface area contributed by atoms with Crippen molar-refractivity contribution in [2.45, 2.75) is 64.8 Å². The standard InChI is InChI=1S/C15H32N2O2S/c1-7-13-10-16-14(12(2)3)11-17(13)8-9-20(18,19)15(4,5)6/h12-14,16H,7-11H2,1-6H3. The fourth-order valence-electron chi connectivity index (χ4n) is 2.55. The van der Waals surface area contributed by atoms with Crippen molar-refractivity contribution < 1.29 is 8.42 Å². The Hall–Kier alpha value is -0.130. The van der Waals surface area contributed by atoms with Gasteiger partial charge in [-0.25, -0.2) is 8.42 Å². The van der Waals surface area contributed by atoms with Crippen LogP contribution in [0, 0.1) is 5.92 Å². The third-order valence-corrected chi connectivity index (χ3v) is 7.01. The third-order valence-electron chi connectivity index (χ3n) is 4.42. The Balaban J connectivity index is 2.68. The van der Waals surface area contributed by atoms with E-state index in [-0.39, 0.29) is 5.75 Å². The van der Waals surface area contributed by atoms with E-state index in [1.165, 1.54) is 0 Å². The summed E-state index contributed by atoms with van der Waals surface area (Å²) in [6, 6.07) is 0.926. The number of hydrogen-bond donors (Lipinski definition) is 1. The van der Waals surface area contributed by atoms with Crippen molar-refractivity contribution in [1.82, 2.24) is 10.2 Å². The second-order valence-electron chi connectivity index (χ2n) is 7.25. The summed E-state index contributed by atoms with van der Waals surface area (Å²) < 4.78 is 23.9. The van der Waals surface area contributed by atoms with Gasteiger partial charge in [0.15, 0.2) is 9.84 Å². The van der Waals surface area contributed by atoms with Gasteiger partial charge in [0.05, 0.1) is 10.5 Å². The van der Waals surface area contributed by atoms with Gasteiger partial charge in [0.25, 0.3) is 0 Å². The molecule has 2 unspecified atom stereocenters. The Morgan fingerprint density at radius 2 is 1.90 bits per heavy atom. The zero-order chi connectivity index (χ0) is 15.6. The third kappa shape index (κ3) is 4.43. The highest BCUT2D eigenvalue weighted by Gasteiger charge is 2.32. The summed E-state index contributed by atoms with van der Waals surface area (Å²) in [4.78, 5) is 2.37. The van der Waals surface area contributed by atoms with Crippen LogP contribution in [0.15, 0.2) is 0 Å². The van der Waals surface area contributed by atoms with Crippen molar-refractivity contribution in [3.8, 4) is 0 Å². The minimum absolute atomic E-state index is 0.262. The van der Waals surface area contributed by atoms with E-state index in [0.29, 0.717) is 24.5 Å². The minimum Gasteiger partial charge on any atom is -0.311 e. The molecule has 0 amide bonds. The molecule has 0 aromatic heterocycles. The summed E-state index contributed by atoms with van der Waals surface area (Å²) in [6.45, 7) is 14.5. The maximum absolute atomic E-state index is 12.3. The molecule has 0 spiro atoms. The van der Waals surface area contributed by atoms with Gasteiger partial charge in [0.1, 0.15) is 0 Å². The fraction of sp³-hybridized carbons (Fsp3) is 1.00. The van der Waals surface area contributed by atoms with Gasteiger partial charge < -0.3 is 5.32 Å². The minimum atomic E-state index is -3.03. The molecule has 0 bridgehead atoms. The van der Waals surface area contributed by atoms with Gasteiger partial charge in [-0.3, -0.25) is 4.90 Å². The van der Waals surface area contributed by atoms with Crippen LogP contribution in [0.4, 0.5) is 0 Å². The molecule has 20 heavy (non-hydrogen) atoms. The van der Waals surface area contributed by atoms with E-state index in [2.05, 4.69) is 31.0 Å². The first-order valence-corrected chi connectivity index (χ1v) is 9.43. The Kier molecular flexibility index (Phi) is 6.05. The van der Waals surface area contributed by atoms with Gasteiger partial charge in [0, 0.05) is 31.7 Å². The van der Waals surface area contributed by atoms with E-state index in [1.54, 1.807) is 20.8 Å². The first-order valence-electron chi connectivity index (χ1n) is 7.78. The Morgan fingerprint density at radius 3 is 2.35 bits per heavy atom. The molecule has 1 fully saturated rings. The maximum Gasteiger partial charge on any atom is 0.156 e. The van der Waals surface area contributed by atoms with Crippen LogP contribution in [-0.4, -0.2) is 55.5 Å². The van der Waals surface area contributed by atoms with Crippen LogP contribution in [0.5, 0.6) is 0 Å². The van der Waals surface area contributed by atoms with Crippen LogP contribution in [0.25, 0.3) is 0 Å². The number of nitrogens with one attached hydrogen (secondary N) is 1. The highest BCUT2D eigenvalue weighted by atomic mass is 32.2. The summed E-state index contributed by atoms with van der Waals surface area (Å²) in [5.74, 6) is 0.840. The normalized spacial score (nSPS) is 26.1. The second kappa shape index (κ2) is 6.75. The lowest BCUT2D eigenvalue weighted by Gasteiger charge is -2.41. The largest absolute Gasteiger partial charge is 0.311 e. The first kappa shape index (κ1) is 17.9. The van der Waals surface area contributed by atoms with E-state index in [0.717, 1.165) is 19.5 Å². The molecular weight excluding hydrogens is 272 g/mol. The molecule has 0 saturated carbocycles. The van der Waals surface area contributed by atoms with Gasteiger partial charge in [-0.1, -0.05) is 20.8 Å². The molecule has 0 aromatic rings. The van der Waals surface area contributed by atoms with Crippen LogP contribution >= 0.6 is 0 Å². The predicted octanol–water partition coefficient (Wildman–Crippen LogP) is 1.91. The number of rotatable bonds is 5. The summed E-state index contributed by atoms with van der Waals surface area (Å²) in [6.07, 6.45) is 1.06.